The number of thiophene rings is 1. The summed E-state index contributed by atoms with van der Waals surface area (Å²) in [5.74, 6) is -2.44. The van der Waals surface area contributed by atoms with Gasteiger partial charge in [-0.1, -0.05) is 48.5 Å². The average Bonchev–Trinajstić information content (AvgIpc) is 3.52. The molecule has 0 spiro atoms. The van der Waals surface area contributed by atoms with Gasteiger partial charge in [0, 0.05) is 35.3 Å². The number of carbonyl (C=O) groups excluding carboxylic acids is 2. The number of hydrogen-bond donors (Lipinski definition) is 4. The van der Waals surface area contributed by atoms with Crippen LogP contribution in [-0.4, -0.2) is 44.9 Å². The molecule has 5 aromatic rings. The standard InChI is InChI=1S/C43H43N3O6S/c1-27(2)46(26-31-8-6-10-34(24-31)43(51)52)25-30-7-5-9-33(23-30)39(47)45-41-38(36-11-3-4-12-37(36)53-41)40(48)44-35-21-17-29(18-22-35)14-13-28-15-19-32(20-16-28)42(49)50/h5-10,15-24,27H,3-4,11-14,25-26H2,1-2H3,(H,44,48)(H,45,47)(H,49,50)(H,51,52). The van der Waals surface area contributed by atoms with E-state index >= 15 is 0 Å². The summed E-state index contributed by atoms with van der Waals surface area (Å²) in [4.78, 5) is 53.6. The van der Waals surface area contributed by atoms with Crippen molar-refractivity contribution in [2.45, 2.75) is 71.5 Å². The molecule has 1 aromatic heterocycles. The smallest absolute Gasteiger partial charge is 0.335 e. The minimum Gasteiger partial charge on any atom is -0.478 e. The summed E-state index contributed by atoms with van der Waals surface area (Å²) in [5.41, 5.74) is 7.20. The number of carbonyl (C=O) groups is 4. The zero-order chi connectivity index (χ0) is 37.5. The lowest BCUT2D eigenvalue weighted by Crippen LogP contribution is -2.30. The Morgan fingerprint density at radius 3 is 1.83 bits per heavy atom. The zero-order valence-electron chi connectivity index (χ0n) is 29.9. The highest BCUT2D eigenvalue weighted by molar-refractivity contribution is 7.17. The summed E-state index contributed by atoms with van der Waals surface area (Å²) in [7, 11) is 0. The van der Waals surface area contributed by atoms with Crippen LogP contribution in [0.15, 0.2) is 97.1 Å². The molecule has 9 nitrogen and oxygen atoms in total. The number of nitrogens with one attached hydrogen (secondary N) is 2. The third kappa shape index (κ3) is 9.46. The summed E-state index contributed by atoms with van der Waals surface area (Å²) in [5, 5.41) is 25.2. The van der Waals surface area contributed by atoms with E-state index in [2.05, 4.69) is 29.4 Å². The van der Waals surface area contributed by atoms with Gasteiger partial charge >= 0.3 is 11.9 Å². The number of amides is 2. The second-order valence-electron chi connectivity index (χ2n) is 13.7. The fraction of sp³-hybridized carbons (Fsp3) is 0.256. The lowest BCUT2D eigenvalue weighted by atomic mass is 9.95. The van der Waals surface area contributed by atoms with E-state index in [1.54, 1.807) is 36.4 Å². The number of aromatic carboxylic acids is 2. The molecule has 53 heavy (non-hydrogen) atoms. The Bertz CT molecular complexity index is 2120. The monoisotopic (exact) mass is 729 g/mol. The number of carboxylic acids is 2. The molecule has 1 aliphatic carbocycles. The van der Waals surface area contributed by atoms with E-state index in [1.807, 2.05) is 60.7 Å². The van der Waals surface area contributed by atoms with Gasteiger partial charge in [-0.15, -0.1) is 11.3 Å². The SMILES string of the molecule is CC(C)N(Cc1cccc(C(=O)O)c1)Cc1cccc(C(=O)Nc2sc3c(c2C(=O)Nc2ccc(CCc4ccc(C(=O)O)cc4)cc2)CCCC3)c1. The molecule has 0 bridgehead atoms. The summed E-state index contributed by atoms with van der Waals surface area (Å²) < 4.78 is 0. The van der Waals surface area contributed by atoms with Crippen molar-refractivity contribution in [3.05, 3.63) is 152 Å². The molecule has 0 saturated heterocycles. The molecule has 0 saturated carbocycles. The van der Waals surface area contributed by atoms with E-state index in [9.17, 15) is 24.3 Å². The van der Waals surface area contributed by atoms with Crippen molar-refractivity contribution in [2.75, 3.05) is 10.6 Å². The first-order valence-electron chi connectivity index (χ1n) is 17.9. The van der Waals surface area contributed by atoms with Gasteiger partial charge < -0.3 is 20.8 Å². The molecule has 0 unspecified atom stereocenters. The van der Waals surface area contributed by atoms with Gasteiger partial charge in [0.05, 0.1) is 16.7 Å². The molecule has 6 rings (SSSR count). The highest BCUT2D eigenvalue weighted by Gasteiger charge is 2.27. The van der Waals surface area contributed by atoms with Crippen LogP contribution in [-0.2, 0) is 38.8 Å². The van der Waals surface area contributed by atoms with E-state index in [-0.39, 0.29) is 29.0 Å². The Hall–Kier alpha value is -5.58. The summed E-state index contributed by atoms with van der Waals surface area (Å²) in [6, 6.07) is 29.2. The van der Waals surface area contributed by atoms with Crippen molar-refractivity contribution in [3.8, 4) is 0 Å². The van der Waals surface area contributed by atoms with Gasteiger partial charge in [0.1, 0.15) is 5.00 Å². The maximum Gasteiger partial charge on any atom is 0.335 e. The maximum absolute atomic E-state index is 13.9. The topological polar surface area (TPSA) is 136 Å². The number of hydrogen-bond acceptors (Lipinski definition) is 6. The normalized spacial score (nSPS) is 12.4. The van der Waals surface area contributed by atoms with E-state index in [1.165, 1.54) is 11.3 Å². The molecular formula is C43H43N3O6S. The van der Waals surface area contributed by atoms with Gasteiger partial charge in [0.25, 0.3) is 11.8 Å². The predicted molar refractivity (Wildman–Crippen MR) is 208 cm³/mol. The van der Waals surface area contributed by atoms with E-state index < -0.39 is 11.9 Å². The van der Waals surface area contributed by atoms with E-state index in [0.29, 0.717) is 34.9 Å². The summed E-state index contributed by atoms with van der Waals surface area (Å²) in [6.07, 6.45) is 5.22. The van der Waals surface area contributed by atoms with Gasteiger partial charge in [-0.2, -0.15) is 0 Å². The van der Waals surface area contributed by atoms with Crippen LogP contribution >= 0.6 is 11.3 Å². The van der Waals surface area contributed by atoms with Gasteiger partial charge in [-0.05, 0) is 129 Å². The molecular weight excluding hydrogens is 687 g/mol. The largest absolute Gasteiger partial charge is 0.478 e. The highest BCUT2D eigenvalue weighted by Crippen LogP contribution is 2.39. The van der Waals surface area contributed by atoms with Crippen LogP contribution in [0.5, 0.6) is 0 Å². The van der Waals surface area contributed by atoms with Crippen LogP contribution in [0.2, 0.25) is 0 Å². The number of benzene rings is 4. The molecule has 0 atom stereocenters. The number of carboxylic acid groups (broad SMARTS) is 2. The molecule has 10 heteroatoms. The third-order valence-corrected chi connectivity index (χ3v) is 10.8. The molecule has 0 fully saturated rings. The fourth-order valence-electron chi connectivity index (χ4n) is 6.62. The molecule has 2 amide bonds. The Morgan fingerprint density at radius 2 is 1.23 bits per heavy atom. The number of nitrogens with zero attached hydrogens (tertiary/aromatic N) is 1. The van der Waals surface area contributed by atoms with Crippen LogP contribution in [0.25, 0.3) is 0 Å². The third-order valence-electron chi connectivity index (χ3n) is 9.61. The molecule has 272 valence electrons. The van der Waals surface area contributed by atoms with Crippen LogP contribution < -0.4 is 10.6 Å². The quantitative estimate of drug-likeness (QED) is 0.0898. The lowest BCUT2D eigenvalue weighted by Gasteiger charge is -2.27. The zero-order valence-corrected chi connectivity index (χ0v) is 30.7. The van der Waals surface area contributed by atoms with Crippen LogP contribution in [0.1, 0.15) is 101 Å². The average molecular weight is 730 g/mol. The van der Waals surface area contributed by atoms with Crippen LogP contribution in [0, 0.1) is 0 Å². The maximum atomic E-state index is 13.9. The van der Waals surface area contributed by atoms with Gasteiger partial charge in [0.2, 0.25) is 0 Å². The van der Waals surface area contributed by atoms with Gasteiger partial charge in [-0.3, -0.25) is 14.5 Å². The molecule has 0 aliphatic heterocycles. The first kappa shape index (κ1) is 37.2. The Labute approximate surface area is 313 Å². The van der Waals surface area contributed by atoms with Crippen LogP contribution in [0.3, 0.4) is 0 Å². The predicted octanol–water partition coefficient (Wildman–Crippen LogP) is 8.72. The summed E-state index contributed by atoms with van der Waals surface area (Å²) >= 11 is 1.48. The summed E-state index contributed by atoms with van der Waals surface area (Å²) in [6.45, 7) is 5.30. The number of aryl methyl sites for hydroxylation is 3. The Morgan fingerprint density at radius 1 is 0.660 bits per heavy atom. The number of rotatable bonds is 14. The van der Waals surface area contributed by atoms with E-state index in [4.69, 9.17) is 5.11 Å². The Balaban J connectivity index is 1.13. The second-order valence-corrected chi connectivity index (χ2v) is 14.8. The van der Waals surface area contributed by atoms with Crippen LogP contribution in [0.4, 0.5) is 10.7 Å². The molecule has 1 aliphatic rings. The lowest BCUT2D eigenvalue weighted by molar-refractivity contribution is 0.0686. The van der Waals surface area contributed by atoms with Crippen molar-refractivity contribution in [3.63, 3.8) is 0 Å². The molecule has 4 aromatic carbocycles. The van der Waals surface area contributed by atoms with E-state index in [0.717, 1.165) is 71.2 Å². The number of anilines is 2. The van der Waals surface area contributed by atoms with Crippen molar-refractivity contribution >= 4 is 45.8 Å². The van der Waals surface area contributed by atoms with Gasteiger partial charge in [-0.25, -0.2) is 9.59 Å². The first-order chi connectivity index (χ1) is 25.5. The first-order valence-corrected chi connectivity index (χ1v) is 18.7. The number of fused-ring (bicyclic) bond motifs is 1. The van der Waals surface area contributed by atoms with Crippen molar-refractivity contribution in [1.29, 1.82) is 0 Å². The molecule has 1 heterocycles. The highest BCUT2D eigenvalue weighted by atomic mass is 32.1. The minimum atomic E-state index is -0.958. The van der Waals surface area contributed by atoms with Crippen molar-refractivity contribution in [2.24, 2.45) is 0 Å². The van der Waals surface area contributed by atoms with Crippen molar-refractivity contribution in [1.82, 2.24) is 4.90 Å². The van der Waals surface area contributed by atoms with Gasteiger partial charge in [0.15, 0.2) is 0 Å². The molecule has 0 radical (unpaired) electrons. The minimum absolute atomic E-state index is 0.167. The Kier molecular flexibility index (Phi) is 11.8. The molecule has 4 N–H and O–H groups in total. The van der Waals surface area contributed by atoms with Crippen molar-refractivity contribution < 1.29 is 29.4 Å². The fourth-order valence-corrected chi connectivity index (χ4v) is 7.91. The second kappa shape index (κ2) is 16.8.